The highest BCUT2D eigenvalue weighted by molar-refractivity contribution is 8.14. The number of amidine groups is 1. The smallest absolute Gasteiger partial charge is 0.154 e. The molecule has 2 nitrogen and oxygen atoms in total. The van der Waals surface area contributed by atoms with Gasteiger partial charge in [-0.15, -0.1) is 11.6 Å². The molecule has 0 saturated heterocycles. The van der Waals surface area contributed by atoms with Crippen LogP contribution in [0.5, 0.6) is 0 Å². The molecule has 3 atom stereocenters. The van der Waals surface area contributed by atoms with Gasteiger partial charge in [0.15, 0.2) is 5.17 Å². The van der Waals surface area contributed by atoms with Gasteiger partial charge in [-0.1, -0.05) is 11.8 Å². The number of fused-ring (bicyclic) bond motifs is 1. The van der Waals surface area contributed by atoms with Gasteiger partial charge < -0.3 is 5.73 Å². The summed E-state index contributed by atoms with van der Waals surface area (Å²) in [5, 5.41) is 1.68. The Morgan fingerprint density at radius 3 is 3.18 bits per heavy atom. The number of aliphatic imine (C=N–C) groups is 1. The van der Waals surface area contributed by atoms with Crippen molar-refractivity contribution in [1.29, 1.82) is 0 Å². The fraction of sp³-hybridized carbons (Fsp3) is 0.857. The predicted octanol–water partition coefficient (Wildman–Crippen LogP) is 1.58. The summed E-state index contributed by atoms with van der Waals surface area (Å²) in [4.78, 5) is 4.34. The molecule has 1 saturated carbocycles. The second kappa shape index (κ2) is 2.87. The minimum Gasteiger partial charge on any atom is -0.379 e. The summed E-state index contributed by atoms with van der Waals surface area (Å²) in [5.74, 6) is 0. The van der Waals surface area contributed by atoms with Crippen molar-refractivity contribution in [3.63, 3.8) is 0 Å². The van der Waals surface area contributed by atoms with Gasteiger partial charge in [0.25, 0.3) is 0 Å². The number of hydrogen-bond acceptors (Lipinski definition) is 3. The lowest BCUT2D eigenvalue weighted by Gasteiger charge is -2.25. The van der Waals surface area contributed by atoms with E-state index in [-0.39, 0.29) is 0 Å². The third-order valence-electron chi connectivity index (χ3n) is 2.26. The normalized spacial score (nSPS) is 43.4. The maximum absolute atomic E-state index is 6.03. The monoisotopic (exact) mass is 190 g/mol. The molecule has 2 N–H and O–H groups in total. The first-order valence-corrected chi connectivity index (χ1v) is 5.21. The molecule has 11 heavy (non-hydrogen) atoms. The lowest BCUT2D eigenvalue weighted by molar-refractivity contribution is 0.467. The van der Waals surface area contributed by atoms with Gasteiger partial charge in [0.1, 0.15) is 0 Å². The number of hydrogen-bond donors (Lipinski definition) is 1. The second-order valence-corrected chi connectivity index (χ2v) is 4.98. The van der Waals surface area contributed by atoms with Crippen molar-refractivity contribution in [2.45, 2.75) is 35.9 Å². The van der Waals surface area contributed by atoms with Gasteiger partial charge in [-0.3, -0.25) is 4.99 Å². The zero-order chi connectivity index (χ0) is 7.84. The average Bonchev–Trinajstić information content (AvgIpc) is 2.27. The maximum Gasteiger partial charge on any atom is 0.154 e. The fourth-order valence-electron chi connectivity index (χ4n) is 1.69. The van der Waals surface area contributed by atoms with Gasteiger partial charge in [-0.2, -0.15) is 0 Å². The van der Waals surface area contributed by atoms with Crippen molar-refractivity contribution in [1.82, 2.24) is 0 Å². The topological polar surface area (TPSA) is 38.4 Å². The zero-order valence-corrected chi connectivity index (χ0v) is 7.74. The fourth-order valence-corrected chi connectivity index (χ4v) is 3.30. The summed E-state index contributed by atoms with van der Waals surface area (Å²) in [6.07, 6.45) is 3.29. The van der Waals surface area contributed by atoms with E-state index < -0.39 is 0 Å². The third-order valence-corrected chi connectivity index (χ3v) is 3.81. The van der Waals surface area contributed by atoms with E-state index in [1.165, 1.54) is 0 Å². The molecule has 4 heteroatoms. The van der Waals surface area contributed by atoms with Crippen LogP contribution in [0.2, 0.25) is 0 Å². The Balaban J connectivity index is 2.03. The number of alkyl halides is 1. The summed E-state index contributed by atoms with van der Waals surface area (Å²) in [6.45, 7) is 0. The Hall–Kier alpha value is 0.110. The molecule has 1 aliphatic heterocycles. The number of thioether (sulfide) groups is 1. The van der Waals surface area contributed by atoms with E-state index in [1.54, 1.807) is 11.8 Å². The molecule has 1 aliphatic carbocycles. The van der Waals surface area contributed by atoms with E-state index in [1.807, 2.05) is 0 Å². The molecule has 1 fully saturated rings. The molecule has 3 unspecified atom stereocenters. The van der Waals surface area contributed by atoms with E-state index in [2.05, 4.69) is 4.99 Å². The predicted molar refractivity (Wildman–Crippen MR) is 50.3 cm³/mol. The van der Waals surface area contributed by atoms with Crippen LogP contribution < -0.4 is 5.73 Å². The van der Waals surface area contributed by atoms with Gasteiger partial charge >= 0.3 is 0 Å². The van der Waals surface area contributed by atoms with Crippen LogP contribution in [-0.2, 0) is 0 Å². The molecule has 2 aliphatic rings. The van der Waals surface area contributed by atoms with E-state index in [0.29, 0.717) is 16.7 Å². The first-order chi connectivity index (χ1) is 5.25. The van der Waals surface area contributed by atoms with Crippen LogP contribution in [0, 0.1) is 0 Å². The van der Waals surface area contributed by atoms with Crippen LogP contribution >= 0.6 is 23.4 Å². The molecule has 0 bridgehead atoms. The first kappa shape index (κ1) is 7.74. The zero-order valence-electron chi connectivity index (χ0n) is 6.16. The Morgan fingerprint density at radius 2 is 2.36 bits per heavy atom. The van der Waals surface area contributed by atoms with Gasteiger partial charge in [0.05, 0.1) is 6.04 Å². The first-order valence-electron chi connectivity index (χ1n) is 3.89. The van der Waals surface area contributed by atoms with Crippen LogP contribution in [0.3, 0.4) is 0 Å². The molecular weight excluding hydrogens is 180 g/mol. The molecule has 0 amide bonds. The van der Waals surface area contributed by atoms with Crippen LogP contribution in [-0.4, -0.2) is 21.8 Å². The Morgan fingerprint density at radius 1 is 1.55 bits per heavy atom. The Kier molecular flexibility index (Phi) is 2.02. The average molecular weight is 191 g/mol. The van der Waals surface area contributed by atoms with Gasteiger partial charge in [-0.05, 0) is 19.3 Å². The standard InChI is InChI=1S/C7H11ClN2S/c8-4-1-2-5-6(3-4)11-7(9)10-5/h4-6H,1-3H2,(H2,9,10). The number of rotatable bonds is 0. The van der Waals surface area contributed by atoms with Gasteiger partial charge in [0, 0.05) is 10.6 Å². The molecule has 0 aromatic carbocycles. The lowest BCUT2D eigenvalue weighted by Crippen LogP contribution is -2.27. The summed E-state index contributed by atoms with van der Waals surface area (Å²) in [6, 6.07) is 0.468. The minimum atomic E-state index is 0.352. The van der Waals surface area contributed by atoms with E-state index in [4.69, 9.17) is 17.3 Å². The van der Waals surface area contributed by atoms with Crippen molar-refractivity contribution < 1.29 is 0 Å². The van der Waals surface area contributed by atoms with Crippen molar-refractivity contribution >= 4 is 28.5 Å². The molecular formula is C7H11ClN2S. The molecule has 0 spiro atoms. The number of halogens is 1. The molecule has 0 aromatic heterocycles. The Bertz CT molecular complexity index is 195. The third kappa shape index (κ3) is 1.49. The van der Waals surface area contributed by atoms with Crippen molar-refractivity contribution in [2.24, 2.45) is 10.7 Å². The highest BCUT2D eigenvalue weighted by Crippen LogP contribution is 2.37. The summed E-state index contributed by atoms with van der Waals surface area (Å²) < 4.78 is 0. The second-order valence-electron chi connectivity index (χ2n) is 3.10. The summed E-state index contributed by atoms with van der Waals surface area (Å²) >= 11 is 7.72. The van der Waals surface area contributed by atoms with E-state index in [0.717, 1.165) is 24.4 Å². The van der Waals surface area contributed by atoms with Crippen molar-refractivity contribution in [3.05, 3.63) is 0 Å². The lowest BCUT2D eigenvalue weighted by atomic mass is 9.95. The highest BCUT2D eigenvalue weighted by Gasteiger charge is 2.34. The molecule has 0 aromatic rings. The SMILES string of the molecule is NC1=NC2CCC(Cl)CC2S1. The number of nitrogens with two attached hydrogens (primary N) is 1. The van der Waals surface area contributed by atoms with Crippen LogP contribution in [0.1, 0.15) is 19.3 Å². The highest BCUT2D eigenvalue weighted by atomic mass is 35.5. The molecule has 2 rings (SSSR count). The van der Waals surface area contributed by atoms with Crippen LogP contribution in [0.25, 0.3) is 0 Å². The van der Waals surface area contributed by atoms with Gasteiger partial charge in [-0.25, -0.2) is 0 Å². The quantitative estimate of drug-likeness (QED) is 0.589. The maximum atomic E-state index is 6.03. The largest absolute Gasteiger partial charge is 0.379 e. The summed E-state index contributed by atoms with van der Waals surface area (Å²) in [7, 11) is 0. The molecule has 1 heterocycles. The Labute approximate surface area is 75.6 Å². The van der Waals surface area contributed by atoms with Gasteiger partial charge in [0.2, 0.25) is 0 Å². The molecule has 0 radical (unpaired) electrons. The van der Waals surface area contributed by atoms with Crippen LogP contribution in [0.15, 0.2) is 4.99 Å². The van der Waals surface area contributed by atoms with E-state index >= 15 is 0 Å². The van der Waals surface area contributed by atoms with Crippen LogP contribution in [0.4, 0.5) is 0 Å². The number of nitrogens with zero attached hydrogens (tertiary/aromatic N) is 1. The summed E-state index contributed by atoms with van der Waals surface area (Å²) in [5.41, 5.74) is 5.61. The minimum absolute atomic E-state index is 0.352. The molecule has 62 valence electrons. The van der Waals surface area contributed by atoms with E-state index in [9.17, 15) is 0 Å². The van der Waals surface area contributed by atoms with Crippen molar-refractivity contribution in [3.8, 4) is 0 Å². The van der Waals surface area contributed by atoms with Crippen molar-refractivity contribution in [2.75, 3.05) is 0 Å².